The zero-order chi connectivity index (χ0) is 20.3. The van der Waals surface area contributed by atoms with Crippen molar-refractivity contribution in [1.29, 1.82) is 0 Å². The Bertz CT molecular complexity index is 989. The van der Waals surface area contributed by atoms with Crippen LogP contribution in [0.1, 0.15) is 23.0 Å². The van der Waals surface area contributed by atoms with Crippen LogP contribution in [-0.2, 0) is 14.3 Å². The van der Waals surface area contributed by atoms with Crippen molar-refractivity contribution in [2.75, 3.05) is 6.61 Å². The molecule has 1 aliphatic rings. The number of hydrogen-bond donors (Lipinski definition) is 1. The molecule has 3 atom stereocenters. The van der Waals surface area contributed by atoms with Crippen LogP contribution in [0, 0.1) is 15.9 Å². The fourth-order valence-electron chi connectivity index (χ4n) is 2.73. The SMILES string of the molecule is O=C(OC[C@H]1O[C@@H](n2cc(F)c(=O)[nH]c2=O)C[C@@H]1O[N+](=O)[O-])c1ccccc1. The van der Waals surface area contributed by atoms with Crippen LogP contribution in [0.4, 0.5) is 4.39 Å². The molecule has 1 aliphatic heterocycles. The maximum Gasteiger partial charge on any atom is 0.338 e. The molecule has 1 N–H and O–H groups in total. The summed E-state index contributed by atoms with van der Waals surface area (Å²) in [5.41, 5.74) is -1.90. The fraction of sp³-hybridized carbons (Fsp3) is 0.312. The molecule has 1 aromatic carbocycles. The molecule has 3 rings (SSSR count). The summed E-state index contributed by atoms with van der Waals surface area (Å²) in [6.07, 6.45) is -3.01. The number of carbonyl (C=O) groups excluding carboxylic acids is 1. The van der Waals surface area contributed by atoms with Crippen molar-refractivity contribution in [2.24, 2.45) is 0 Å². The summed E-state index contributed by atoms with van der Waals surface area (Å²) in [5, 5.41) is 9.67. The number of H-pyrrole nitrogens is 1. The summed E-state index contributed by atoms with van der Waals surface area (Å²) >= 11 is 0. The van der Waals surface area contributed by atoms with Crippen molar-refractivity contribution in [1.82, 2.24) is 9.55 Å². The predicted molar refractivity (Wildman–Crippen MR) is 88.4 cm³/mol. The number of benzene rings is 1. The van der Waals surface area contributed by atoms with Crippen molar-refractivity contribution >= 4 is 5.97 Å². The largest absolute Gasteiger partial charge is 0.459 e. The fourth-order valence-corrected chi connectivity index (χ4v) is 2.73. The van der Waals surface area contributed by atoms with E-state index in [1.165, 1.54) is 12.1 Å². The number of aromatic nitrogens is 2. The monoisotopic (exact) mass is 395 g/mol. The van der Waals surface area contributed by atoms with E-state index < -0.39 is 53.2 Å². The topological polar surface area (TPSA) is 143 Å². The molecule has 0 bridgehead atoms. The van der Waals surface area contributed by atoms with E-state index in [4.69, 9.17) is 9.47 Å². The van der Waals surface area contributed by atoms with Gasteiger partial charge in [-0.1, -0.05) is 18.2 Å². The molecule has 11 nitrogen and oxygen atoms in total. The first kappa shape index (κ1) is 19.2. The number of halogens is 1. The molecule has 0 amide bonds. The third-order valence-corrected chi connectivity index (χ3v) is 4.02. The molecule has 1 saturated heterocycles. The van der Waals surface area contributed by atoms with Crippen molar-refractivity contribution < 1.29 is 28.6 Å². The number of carbonyl (C=O) groups is 1. The molecule has 2 heterocycles. The first-order chi connectivity index (χ1) is 13.3. The summed E-state index contributed by atoms with van der Waals surface area (Å²) in [5.74, 6) is -1.91. The third kappa shape index (κ3) is 4.23. The number of aromatic amines is 1. The molecule has 148 valence electrons. The van der Waals surface area contributed by atoms with Gasteiger partial charge >= 0.3 is 11.7 Å². The number of rotatable bonds is 6. The zero-order valence-electron chi connectivity index (χ0n) is 14.1. The maximum absolute atomic E-state index is 13.5. The molecule has 0 unspecified atom stereocenters. The Morgan fingerprint density at radius 2 is 2.07 bits per heavy atom. The van der Waals surface area contributed by atoms with Crippen molar-refractivity contribution in [3.8, 4) is 0 Å². The van der Waals surface area contributed by atoms with E-state index in [1.54, 1.807) is 23.2 Å². The maximum atomic E-state index is 13.5. The molecular formula is C16H14FN3O8. The van der Waals surface area contributed by atoms with Crippen LogP contribution in [0.15, 0.2) is 46.1 Å². The lowest BCUT2D eigenvalue weighted by Gasteiger charge is -2.17. The van der Waals surface area contributed by atoms with Gasteiger partial charge in [-0.05, 0) is 12.1 Å². The van der Waals surface area contributed by atoms with E-state index in [1.807, 2.05) is 0 Å². The van der Waals surface area contributed by atoms with Gasteiger partial charge in [-0.3, -0.25) is 14.3 Å². The minimum atomic E-state index is -1.23. The Morgan fingerprint density at radius 3 is 2.75 bits per heavy atom. The van der Waals surface area contributed by atoms with E-state index in [2.05, 4.69) is 4.84 Å². The first-order valence-corrected chi connectivity index (χ1v) is 8.05. The van der Waals surface area contributed by atoms with E-state index >= 15 is 0 Å². The summed E-state index contributed by atoms with van der Waals surface area (Å²) < 4.78 is 24.8. The normalized spacial score (nSPS) is 21.2. The molecule has 28 heavy (non-hydrogen) atoms. The van der Waals surface area contributed by atoms with Crippen LogP contribution in [0.25, 0.3) is 0 Å². The number of ether oxygens (including phenoxy) is 2. The second-order valence-electron chi connectivity index (χ2n) is 5.84. The van der Waals surface area contributed by atoms with Gasteiger partial charge in [0.15, 0.2) is 0 Å². The van der Waals surface area contributed by atoms with Gasteiger partial charge in [0, 0.05) is 6.42 Å². The van der Waals surface area contributed by atoms with Gasteiger partial charge in [0.1, 0.15) is 25.0 Å². The van der Waals surface area contributed by atoms with Crippen molar-refractivity contribution in [3.05, 3.63) is 78.9 Å². The van der Waals surface area contributed by atoms with Crippen LogP contribution < -0.4 is 11.2 Å². The Kier molecular flexibility index (Phi) is 5.49. The van der Waals surface area contributed by atoms with Crippen molar-refractivity contribution in [3.63, 3.8) is 0 Å². The predicted octanol–water partition coefficient (Wildman–Crippen LogP) is 0.397. The molecule has 1 fully saturated rings. The minimum Gasteiger partial charge on any atom is -0.459 e. The van der Waals surface area contributed by atoms with Crippen LogP contribution >= 0.6 is 0 Å². The van der Waals surface area contributed by atoms with E-state index in [9.17, 15) is 28.9 Å². The van der Waals surface area contributed by atoms with Gasteiger partial charge in [-0.15, -0.1) is 10.1 Å². The lowest BCUT2D eigenvalue weighted by molar-refractivity contribution is -0.769. The highest BCUT2D eigenvalue weighted by Gasteiger charge is 2.40. The van der Waals surface area contributed by atoms with E-state index in [-0.39, 0.29) is 12.0 Å². The second kappa shape index (κ2) is 8.00. The average Bonchev–Trinajstić information content (AvgIpc) is 3.05. The van der Waals surface area contributed by atoms with Crippen LogP contribution in [0.2, 0.25) is 0 Å². The number of hydrogen-bond acceptors (Lipinski definition) is 8. The molecule has 2 aromatic rings. The van der Waals surface area contributed by atoms with Gasteiger partial charge < -0.3 is 14.3 Å². The van der Waals surface area contributed by atoms with Crippen LogP contribution in [0.5, 0.6) is 0 Å². The molecular weight excluding hydrogens is 381 g/mol. The Balaban J connectivity index is 1.75. The molecule has 0 aliphatic carbocycles. The van der Waals surface area contributed by atoms with Gasteiger partial charge in [-0.2, -0.15) is 4.39 Å². The molecule has 0 radical (unpaired) electrons. The molecule has 12 heteroatoms. The number of nitrogens with zero attached hydrogens (tertiary/aromatic N) is 2. The van der Waals surface area contributed by atoms with Gasteiger partial charge in [-0.25, -0.2) is 9.59 Å². The summed E-state index contributed by atoms with van der Waals surface area (Å²) in [6, 6.07) is 8.02. The van der Waals surface area contributed by atoms with Crippen LogP contribution in [-0.4, -0.2) is 39.4 Å². The standard InChI is InChI=1S/C16H14FN3O8/c17-10-7-19(16(23)18-14(10)21)13-6-11(28-20(24)25)12(27-13)8-26-15(22)9-4-2-1-3-5-9/h1-5,7,11-13H,6,8H2,(H,18,21,23)/t11-,12+,13+/m0/s1. The smallest absolute Gasteiger partial charge is 0.338 e. The number of nitrogens with one attached hydrogen (secondary N) is 1. The van der Waals surface area contributed by atoms with Gasteiger partial charge in [0.25, 0.3) is 10.6 Å². The Labute approximate surface area is 155 Å². The zero-order valence-corrected chi connectivity index (χ0v) is 14.1. The first-order valence-electron chi connectivity index (χ1n) is 8.05. The van der Waals surface area contributed by atoms with Gasteiger partial charge in [0.2, 0.25) is 5.82 Å². The third-order valence-electron chi connectivity index (χ3n) is 4.02. The van der Waals surface area contributed by atoms with Gasteiger partial charge in [0.05, 0.1) is 11.8 Å². The average molecular weight is 395 g/mol. The number of esters is 1. The highest BCUT2D eigenvalue weighted by Crippen LogP contribution is 2.30. The summed E-state index contributed by atoms with van der Waals surface area (Å²) in [7, 11) is 0. The summed E-state index contributed by atoms with van der Waals surface area (Å²) in [4.78, 5) is 52.0. The van der Waals surface area contributed by atoms with E-state index in [0.717, 1.165) is 4.57 Å². The lowest BCUT2D eigenvalue weighted by Crippen LogP contribution is -2.34. The molecule has 0 spiro atoms. The Hall–Kier alpha value is -3.54. The van der Waals surface area contributed by atoms with Crippen molar-refractivity contribution in [2.45, 2.75) is 24.9 Å². The summed E-state index contributed by atoms with van der Waals surface area (Å²) in [6.45, 7) is -0.399. The minimum absolute atomic E-state index is 0.208. The second-order valence-corrected chi connectivity index (χ2v) is 5.84. The van der Waals surface area contributed by atoms with E-state index in [0.29, 0.717) is 6.20 Å². The molecule has 1 aromatic heterocycles. The molecule has 0 saturated carbocycles. The van der Waals surface area contributed by atoms with Crippen LogP contribution in [0.3, 0.4) is 0 Å². The lowest BCUT2D eigenvalue weighted by atomic mass is 10.2. The highest BCUT2D eigenvalue weighted by molar-refractivity contribution is 5.89. The Morgan fingerprint density at radius 1 is 1.36 bits per heavy atom. The quantitative estimate of drug-likeness (QED) is 0.421. The highest BCUT2D eigenvalue weighted by atomic mass is 19.1.